The molecule has 6 nitrogen and oxygen atoms in total. The molecular formula is C5H8N4O2. The van der Waals surface area contributed by atoms with Gasteiger partial charge in [-0.05, 0) is 0 Å². The highest BCUT2D eigenvalue weighted by Crippen LogP contribution is 1.77. The van der Waals surface area contributed by atoms with E-state index < -0.39 is 11.5 Å². The summed E-state index contributed by atoms with van der Waals surface area (Å²) in [5.74, 6) is -0.818. The Kier molecular flexibility index (Phi) is 2.94. The molecule has 0 fully saturated rings. The van der Waals surface area contributed by atoms with Crippen LogP contribution in [-0.4, -0.2) is 15.9 Å². The summed E-state index contributed by atoms with van der Waals surface area (Å²) in [5, 5.41) is 0. The van der Waals surface area contributed by atoms with Crippen LogP contribution >= 0.6 is 0 Å². The average molecular weight is 156 g/mol. The first kappa shape index (κ1) is 9.31. The molecular weight excluding hydrogens is 148 g/mol. The molecule has 0 bridgehead atoms. The van der Waals surface area contributed by atoms with Crippen LogP contribution in [0.25, 0.3) is 0 Å². The molecule has 60 valence electrons. The zero-order valence-electron chi connectivity index (χ0n) is 5.70. The third-order valence-electron chi connectivity index (χ3n) is 0.941. The van der Waals surface area contributed by atoms with E-state index in [2.05, 4.69) is 9.97 Å². The molecule has 0 unspecified atom stereocenters. The Morgan fingerprint density at radius 1 is 1.64 bits per heavy atom. The lowest BCUT2D eigenvalue weighted by Crippen LogP contribution is -2.24. The summed E-state index contributed by atoms with van der Waals surface area (Å²) in [6.45, 7) is 0. The van der Waals surface area contributed by atoms with Gasteiger partial charge in [0, 0.05) is 12.4 Å². The number of H-pyrrole nitrogens is 1. The van der Waals surface area contributed by atoms with Crippen LogP contribution in [0.2, 0.25) is 0 Å². The Hall–Kier alpha value is -1.69. The first-order chi connectivity index (χ1) is 4.72. The lowest BCUT2D eigenvalue weighted by atomic mass is 10.4. The van der Waals surface area contributed by atoms with E-state index in [0.29, 0.717) is 0 Å². The minimum absolute atomic E-state index is 0. The monoisotopic (exact) mass is 156 g/mol. The minimum atomic E-state index is -0.818. The highest BCUT2D eigenvalue weighted by Gasteiger charge is 2.04. The number of aromatic amines is 1. The van der Waals surface area contributed by atoms with Crippen molar-refractivity contribution in [3.05, 3.63) is 28.4 Å². The Balaban J connectivity index is 0.000001000. The van der Waals surface area contributed by atoms with Gasteiger partial charge in [0.25, 0.3) is 11.5 Å². The number of carbonyl (C=O) groups excluding carboxylic acids is 1. The quantitative estimate of drug-likeness (QED) is 0.483. The number of carbonyl (C=O) groups is 1. The molecule has 1 amide bonds. The summed E-state index contributed by atoms with van der Waals surface area (Å²) in [7, 11) is 0. The fraction of sp³-hybridized carbons (Fsp3) is 0. The maximum atomic E-state index is 10.6. The van der Waals surface area contributed by atoms with E-state index in [0.717, 1.165) is 0 Å². The number of nitrogens with zero attached hydrogens (tertiary/aromatic N) is 1. The predicted molar refractivity (Wildman–Crippen MR) is 38.4 cm³/mol. The Morgan fingerprint density at radius 2 is 2.27 bits per heavy atom. The van der Waals surface area contributed by atoms with Crippen LogP contribution < -0.4 is 17.4 Å². The Labute approximate surface area is 62.0 Å². The molecule has 0 radical (unpaired) electrons. The van der Waals surface area contributed by atoms with Gasteiger partial charge in [0.1, 0.15) is 0 Å². The molecule has 6 heteroatoms. The van der Waals surface area contributed by atoms with E-state index in [9.17, 15) is 9.59 Å². The van der Waals surface area contributed by atoms with Gasteiger partial charge >= 0.3 is 0 Å². The average Bonchev–Trinajstić information content (AvgIpc) is 1.88. The van der Waals surface area contributed by atoms with Gasteiger partial charge < -0.3 is 16.9 Å². The fourth-order valence-corrected chi connectivity index (χ4v) is 0.527. The van der Waals surface area contributed by atoms with Gasteiger partial charge in [-0.15, -0.1) is 0 Å². The summed E-state index contributed by atoms with van der Waals surface area (Å²) in [6, 6.07) is 0. The van der Waals surface area contributed by atoms with Gasteiger partial charge in [0.15, 0.2) is 5.69 Å². The van der Waals surface area contributed by atoms with Gasteiger partial charge in [-0.3, -0.25) is 9.59 Å². The van der Waals surface area contributed by atoms with Crippen molar-refractivity contribution in [3.8, 4) is 0 Å². The van der Waals surface area contributed by atoms with Crippen LogP contribution in [0, 0.1) is 0 Å². The van der Waals surface area contributed by atoms with Gasteiger partial charge in [-0.2, -0.15) is 0 Å². The smallest absolute Gasteiger partial charge is 0.279 e. The molecule has 1 aromatic heterocycles. The standard InChI is InChI=1S/C5H5N3O2.H3N/c6-4(9)3-5(10)8-2-1-7-3;/h1-2H,(H2,6,9)(H,8,10);1H3. The number of rotatable bonds is 1. The Bertz CT molecular complexity index is 305. The van der Waals surface area contributed by atoms with Crippen molar-refractivity contribution in [2.45, 2.75) is 0 Å². The second-order valence-corrected chi connectivity index (χ2v) is 1.63. The molecule has 0 spiro atoms. The van der Waals surface area contributed by atoms with E-state index in [4.69, 9.17) is 5.73 Å². The maximum absolute atomic E-state index is 10.6. The first-order valence-corrected chi connectivity index (χ1v) is 2.55. The van der Waals surface area contributed by atoms with Gasteiger partial charge in [0.2, 0.25) is 0 Å². The number of aromatic nitrogens is 2. The van der Waals surface area contributed by atoms with E-state index in [1.54, 1.807) is 0 Å². The molecule has 6 N–H and O–H groups in total. The van der Waals surface area contributed by atoms with Crippen LogP contribution in [0.15, 0.2) is 17.2 Å². The molecule has 1 aromatic rings. The van der Waals surface area contributed by atoms with Crippen LogP contribution in [0.4, 0.5) is 0 Å². The third-order valence-corrected chi connectivity index (χ3v) is 0.941. The number of hydrogen-bond acceptors (Lipinski definition) is 4. The third kappa shape index (κ3) is 1.87. The second-order valence-electron chi connectivity index (χ2n) is 1.63. The Morgan fingerprint density at radius 3 is 2.64 bits per heavy atom. The van der Waals surface area contributed by atoms with Crippen molar-refractivity contribution >= 4 is 5.91 Å². The summed E-state index contributed by atoms with van der Waals surface area (Å²) in [5.41, 5.74) is 3.97. The van der Waals surface area contributed by atoms with Crippen LogP contribution in [-0.2, 0) is 0 Å². The molecule has 1 rings (SSSR count). The predicted octanol–water partition coefficient (Wildman–Crippen LogP) is -0.969. The fourth-order valence-electron chi connectivity index (χ4n) is 0.527. The minimum Gasteiger partial charge on any atom is -0.364 e. The zero-order valence-corrected chi connectivity index (χ0v) is 5.70. The molecule has 0 saturated heterocycles. The van der Waals surface area contributed by atoms with Crippen LogP contribution in [0.3, 0.4) is 0 Å². The highest BCUT2D eigenvalue weighted by atomic mass is 16.2. The number of hydrogen-bond donors (Lipinski definition) is 3. The maximum Gasteiger partial charge on any atom is 0.279 e. The summed E-state index contributed by atoms with van der Waals surface area (Å²) >= 11 is 0. The molecule has 0 aliphatic heterocycles. The van der Waals surface area contributed by atoms with Gasteiger partial charge in [-0.1, -0.05) is 0 Å². The molecule has 0 aliphatic rings. The second kappa shape index (κ2) is 3.47. The SMILES string of the molecule is N.NC(=O)c1ncc[nH]c1=O. The van der Waals surface area contributed by atoms with E-state index >= 15 is 0 Å². The van der Waals surface area contributed by atoms with E-state index in [-0.39, 0.29) is 11.8 Å². The van der Waals surface area contributed by atoms with E-state index in [1.807, 2.05) is 0 Å². The zero-order chi connectivity index (χ0) is 7.56. The van der Waals surface area contributed by atoms with Gasteiger partial charge in [0.05, 0.1) is 0 Å². The number of primary amides is 1. The molecule has 1 heterocycles. The summed E-state index contributed by atoms with van der Waals surface area (Å²) in [6.07, 6.45) is 2.62. The first-order valence-electron chi connectivity index (χ1n) is 2.55. The largest absolute Gasteiger partial charge is 0.364 e. The van der Waals surface area contributed by atoms with Crippen molar-refractivity contribution in [1.29, 1.82) is 0 Å². The number of nitrogens with one attached hydrogen (secondary N) is 1. The highest BCUT2D eigenvalue weighted by molar-refractivity contribution is 5.90. The van der Waals surface area contributed by atoms with Crippen molar-refractivity contribution in [1.82, 2.24) is 16.1 Å². The molecule has 0 aliphatic carbocycles. The lowest BCUT2D eigenvalue weighted by molar-refractivity contribution is 0.0994. The summed E-state index contributed by atoms with van der Waals surface area (Å²) in [4.78, 5) is 26.7. The van der Waals surface area contributed by atoms with Crippen molar-refractivity contribution < 1.29 is 4.79 Å². The number of amides is 1. The molecule has 0 atom stereocenters. The van der Waals surface area contributed by atoms with Crippen LogP contribution in [0.5, 0.6) is 0 Å². The van der Waals surface area contributed by atoms with Crippen molar-refractivity contribution in [2.24, 2.45) is 5.73 Å². The van der Waals surface area contributed by atoms with Crippen LogP contribution in [0.1, 0.15) is 10.5 Å². The lowest BCUT2D eigenvalue weighted by Gasteiger charge is -1.88. The molecule has 11 heavy (non-hydrogen) atoms. The number of nitrogens with two attached hydrogens (primary N) is 1. The molecule has 0 aromatic carbocycles. The van der Waals surface area contributed by atoms with Gasteiger partial charge in [-0.25, -0.2) is 4.98 Å². The molecule has 0 saturated carbocycles. The summed E-state index contributed by atoms with van der Waals surface area (Å²) < 4.78 is 0. The van der Waals surface area contributed by atoms with Crippen molar-refractivity contribution in [3.63, 3.8) is 0 Å². The van der Waals surface area contributed by atoms with E-state index in [1.165, 1.54) is 12.4 Å². The normalized spacial score (nSPS) is 8.36. The van der Waals surface area contributed by atoms with Crippen molar-refractivity contribution in [2.75, 3.05) is 0 Å². The topological polar surface area (TPSA) is 124 Å².